The summed E-state index contributed by atoms with van der Waals surface area (Å²) in [5.74, 6) is 0.841. The lowest BCUT2D eigenvalue weighted by Gasteiger charge is -2.06. The zero-order valence-corrected chi connectivity index (χ0v) is 11.9. The Morgan fingerprint density at radius 2 is 2.09 bits per heavy atom. The first-order chi connectivity index (χ1) is 10.5. The maximum atomic E-state index is 10.7. The average Bonchev–Trinajstić information content (AvgIpc) is 2.50. The number of benzene rings is 1. The molecule has 1 heterocycles. The summed E-state index contributed by atoms with van der Waals surface area (Å²) in [4.78, 5) is 14.2. The van der Waals surface area contributed by atoms with Crippen LogP contribution in [0, 0.1) is 17.0 Å². The molecule has 0 aliphatic rings. The molecule has 0 saturated heterocycles. The highest BCUT2D eigenvalue weighted by molar-refractivity contribution is 6.06. The van der Waals surface area contributed by atoms with Crippen molar-refractivity contribution in [3.63, 3.8) is 0 Å². The van der Waals surface area contributed by atoms with Gasteiger partial charge in [-0.15, -0.1) is 0 Å². The molecule has 0 aliphatic heterocycles. The fourth-order valence-electron chi connectivity index (χ4n) is 1.85. The van der Waals surface area contributed by atoms with Crippen LogP contribution in [0.1, 0.15) is 11.1 Å². The van der Waals surface area contributed by atoms with Crippen LogP contribution in [0.3, 0.4) is 0 Å². The highest BCUT2D eigenvalue weighted by Crippen LogP contribution is 2.25. The number of pyridine rings is 1. The molecule has 0 amide bonds. The zero-order chi connectivity index (χ0) is 16.1. The zero-order valence-electron chi connectivity index (χ0n) is 11.9. The Kier molecular flexibility index (Phi) is 4.47. The minimum Gasteiger partial charge on any atom is -0.439 e. The van der Waals surface area contributed by atoms with Crippen LogP contribution in [0.2, 0.25) is 0 Å². The maximum absolute atomic E-state index is 10.7. The van der Waals surface area contributed by atoms with E-state index < -0.39 is 4.92 Å². The second-order valence-electron chi connectivity index (χ2n) is 4.48. The number of ether oxygens (including phenoxy) is 1. The number of nitrogens with zero attached hydrogens (tertiary/aromatic N) is 2. The third kappa shape index (κ3) is 3.26. The topological polar surface area (TPSA) is 117 Å². The number of hydrogen-bond donors (Lipinski definition) is 2. The molecule has 7 nitrogen and oxygen atoms in total. The van der Waals surface area contributed by atoms with Crippen LogP contribution in [-0.4, -0.2) is 16.1 Å². The Morgan fingerprint density at radius 1 is 1.41 bits per heavy atom. The van der Waals surface area contributed by atoms with Crippen LogP contribution in [0.15, 0.2) is 42.7 Å². The third-order valence-electron chi connectivity index (χ3n) is 3.02. The van der Waals surface area contributed by atoms with Gasteiger partial charge in [-0.2, -0.15) is 0 Å². The number of nitro groups is 1. The van der Waals surface area contributed by atoms with E-state index in [1.54, 1.807) is 31.2 Å². The van der Waals surface area contributed by atoms with Crippen molar-refractivity contribution >= 4 is 17.5 Å². The lowest BCUT2D eigenvalue weighted by Crippen LogP contribution is -2.30. The van der Waals surface area contributed by atoms with Crippen molar-refractivity contribution in [2.45, 2.75) is 6.92 Å². The Bertz CT molecular complexity index is 739. The van der Waals surface area contributed by atoms with Gasteiger partial charge in [0.2, 0.25) is 5.88 Å². The predicted molar refractivity (Wildman–Crippen MR) is 82.3 cm³/mol. The molecule has 22 heavy (non-hydrogen) atoms. The van der Waals surface area contributed by atoms with Gasteiger partial charge in [0.05, 0.1) is 10.5 Å². The van der Waals surface area contributed by atoms with Crippen LogP contribution in [0.4, 0.5) is 5.69 Å². The highest BCUT2D eigenvalue weighted by atomic mass is 16.6. The highest BCUT2D eigenvalue weighted by Gasteiger charge is 2.12. The van der Waals surface area contributed by atoms with Gasteiger partial charge in [-0.25, -0.2) is 4.98 Å². The molecule has 2 aromatic rings. The average molecular weight is 299 g/mol. The summed E-state index contributed by atoms with van der Waals surface area (Å²) < 4.78 is 5.57. The van der Waals surface area contributed by atoms with Crippen LogP contribution in [0.25, 0.3) is 5.57 Å². The summed E-state index contributed by atoms with van der Waals surface area (Å²) in [5, 5.41) is 16.2. The van der Waals surface area contributed by atoms with Crippen molar-refractivity contribution < 1.29 is 15.1 Å². The number of rotatable bonds is 5. The third-order valence-corrected chi connectivity index (χ3v) is 3.02. The molecule has 112 valence electrons. The summed E-state index contributed by atoms with van der Waals surface area (Å²) in [5.41, 5.74) is 7.46. The first kappa shape index (κ1) is 15.2. The van der Waals surface area contributed by atoms with Crippen molar-refractivity contribution in [2.24, 2.45) is 5.73 Å². The van der Waals surface area contributed by atoms with Crippen molar-refractivity contribution in [3.05, 3.63) is 64.0 Å². The van der Waals surface area contributed by atoms with E-state index in [0.717, 1.165) is 5.56 Å². The number of aryl methyl sites for hydroxylation is 1. The van der Waals surface area contributed by atoms with Gasteiger partial charge >= 0.3 is 0 Å². The van der Waals surface area contributed by atoms with E-state index in [9.17, 15) is 10.1 Å². The quantitative estimate of drug-likeness (QED) is 0.489. The van der Waals surface area contributed by atoms with Crippen molar-refractivity contribution in [2.75, 3.05) is 0 Å². The van der Waals surface area contributed by atoms with Gasteiger partial charge in [-0.3, -0.25) is 15.5 Å². The predicted octanol–water partition coefficient (Wildman–Crippen LogP) is 1.22. The molecule has 0 atom stereocenters. The fraction of sp³-hybridized carbons (Fsp3) is 0.0667. The summed E-state index contributed by atoms with van der Waals surface area (Å²) in [7, 11) is 0. The first-order valence-electron chi connectivity index (χ1n) is 6.41. The Balaban J connectivity index is 2.19. The van der Waals surface area contributed by atoms with Gasteiger partial charge in [0.15, 0.2) is 6.21 Å². The fourth-order valence-corrected chi connectivity index (χ4v) is 1.85. The summed E-state index contributed by atoms with van der Waals surface area (Å²) in [6.45, 7) is 1.63. The molecule has 1 aromatic heterocycles. The monoisotopic (exact) mass is 299 g/mol. The summed E-state index contributed by atoms with van der Waals surface area (Å²) in [6, 6.07) is 8.59. The lowest BCUT2D eigenvalue weighted by molar-refractivity contribution is -0.385. The van der Waals surface area contributed by atoms with Gasteiger partial charge in [-0.05, 0) is 24.6 Å². The summed E-state index contributed by atoms with van der Waals surface area (Å²) in [6.07, 6.45) is 4.01. The van der Waals surface area contributed by atoms with E-state index in [2.05, 4.69) is 4.98 Å². The Labute approximate surface area is 126 Å². The van der Waals surface area contributed by atoms with Crippen molar-refractivity contribution in [1.82, 2.24) is 4.98 Å². The van der Waals surface area contributed by atoms with E-state index in [1.165, 1.54) is 24.7 Å². The van der Waals surface area contributed by atoms with Gasteiger partial charge in [0.1, 0.15) is 11.9 Å². The minimum atomic E-state index is -0.481. The van der Waals surface area contributed by atoms with Crippen LogP contribution < -0.4 is 15.9 Å². The van der Waals surface area contributed by atoms with Gasteiger partial charge in [0.25, 0.3) is 5.69 Å². The molecule has 2 rings (SSSR count). The van der Waals surface area contributed by atoms with Crippen LogP contribution in [0.5, 0.6) is 11.6 Å². The number of aromatic nitrogens is 1. The molecule has 1 aromatic carbocycles. The molecule has 0 radical (unpaired) electrons. The second kappa shape index (κ2) is 6.49. The van der Waals surface area contributed by atoms with Crippen LogP contribution >= 0.6 is 0 Å². The number of allylic oxidation sites excluding steroid dienone is 1. The molecule has 0 spiro atoms. The molecule has 0 fully saturated rings. The van der Waals surface area contributed by atoms with Crippen molar-refractivity contribution in [1.29, 1.82) is 0 Å². The Morgan fingerprint density at radius 3 is 2.59 bits per heavy atom. The van der Waals surface area contributed by atoms with Gasteiger partial charge in [0, 0.05) is 17.8 Å². The molecule has 7 heteroatoms. The minimum absolute atomic E-state index is 0.0427. The van der Waals surface area contributed by atoms with Gasteiger partial charge < -0.3 is 10.5 Å². The molecule has 4 N–H and O–H groups in total. The van der Waals surface area contributed by atoms with E-state index in [4.69, 9.17) is 15.9 Å². The molecule has 0 bridgehead atoms. The molecular formula is C15H15N4O3+. The van der Waals surface area contributed by atoms with Gasteiger partial charge in [-0.1, -0.05) is 12.1 Å². The van der Waals surface area contributed by atoms with E-state index in [0.29, 0.717) is 16.9 Å². The largest absolute Gasteiger partial charge is 0.439 e. The first-order valence-corrected chi connectivity index (χ1v) is 6.41. The maximum Gasteiger partial charge on any atom is 0.290 e. The van der Waals surface area contributed by atoms with E-state index in [-0.39, 0.29) is 11.6 Å². The second-order valence-corrected chi connectivity index (χ2v) is 4.48. The SMILES string of the molecule is Cc1cc(Oc2ccc(/C(C=[NH2+])=C/N)cc2)ncc1[N+](=O)[O-]. The number of nitrogens with two attached hydrogens (primary N) is 2. The molecular weight excluding hydrogens is 284 g/mol. The Hall–Kier alpha value is -3.22. The molecule has 0 saturated carbocycles. The standard InChI is InChI=1S/C15H14N4O3/c1-10-6-15(18-9-14(10)19(20)21)22-13-4-2-11(3-5-13)12(7-16)8-17/h2-9,16H,17H2,1H3/p+1/b12-8+,16-7?. The summed E-state index contributed by atoms with van der Waals surface area (Å²) >= 11 is 0. The lowest BCUT2D eigenvalue weighted by atomic mass is 10.1. The molecule has 0 aliphatic carbocycles. The smallest absolute Gasteiger partial charge is 0.290 e. The van der Waals surface area contributed by atoms with Crippen LogP contribution in [-0.2, 0) is 0 Å². The van der Waals surface area contributed by atoms with E-state index in [1.807, 2.05) is 0 Å². The van der Waals surface area contributed by atoms with Crippen molar-refractivity contribution in [3.8, 4) is 11.6 Å². The molecule has 0 unspecified atom stereocenters. The normalized spacial score (nSPS) is 11.0. The number of hydrogen-bond acceptors (Lipinski definition) is 5. The van der Waals surface area contributed by atoms with E-state index >= 15 is 0 Å².